The van der Waals surface area contributed by atoms with E-state index in [4.69, 9.17) is 21.1 Å². The van der Waals surface area contributed by atoms with Gasteiger partial charge < -0.3 is 14.4 Å². The molecular formula is C21H20ClNO4. The molecule has 2 aliphatic rings. The number of likely N-dealkylation sites (tertiary alicyclic amines) is 1. The summed E-state index contributed by atoms with van der Waals surface area (Å²) in [6, 6.07) is 12.2. The number of ketones is 1. The summed E-state index contributed by atoms with van der Waals surface area (Å²) in [6.07, 6.45) is 1.59. The van der Waals surface area contributed by atoms with Crippen LogP contribution in [-0.4, -0.2) is 42.4 Å². The van der Waals surface area contributed by atoms with E-state index in [1.54, 1.807) is 49.6 Å². The monoisotopic (exact) mass is 385 g/mol. The Labute approximate surface area is 162 Å². The van der Waals surface area contributed by atoms with E-state index in [2.05, 4.69) is 0 Å². The van der Waals surface area contributed by atoms with Crippen molar-refractivity contribution in [2.75, 3.05) is 20.2 Å². The summed E-state index contributed by atoms with van der Waals surface area (Å²) in [5.74, 6) is 1.29. The number of ether oxygens (including phenoxy) is 2. The summed E-state index contributed by atoms with van der Waals surface area (Å²) in [5.41, 5.74) is 0.656. The molecule has 0 N–H and O–H groups in total. The van der Waals surface area contributed by atoms with Crippen LogP contribution in [0.5, 0.6) is 11.5 Å². The fourth-order valence-electron chi connectivity index (χ4n) is 3.77. The Morgan fingerprint density at radius 1 is 1.15 bits per heavy atom. The fraction of sp³-hybridized carbons (Fsp3) is 0.333. The van der Waals surface area contributed by atoms with Gasteiger partial charge in [-0.1, -0.05) is 11.6 Å². The molecule has 2 heterocycles. The van der Waals surface area contributed by atoms with Gasteiger partial charge in [-0.05, 0) is 42.5 Å². The number of nitrogens with zero attached hydrogens (tertiary/aromatic N) is 1. The van der Waals surface area contributed by atoms with Gasteiger partial charge in [0, 0.05) is 36.5 Å². The second-order valence-electron chi connectivity index (χ2n) is 7.05. The number of piperidine rings is 1. The number of hydrogen-bond donors (Lipinski definition) is 0. The third-order valence-electron chi connectivity index (χ3n) is 5.35. The number of amides is 1. The molecule has 0 aromatic heterocycles. The number of Topliss-reactive ketones (excluding diaryl/α,β-unsaturated/α-hetero) is 1. The third-order valence-corrected chi connectivity index (χ3v) is 5.60. The molecule has 1 fully saturated rings. The number of carbonyl (C=O) groups excluding carboxylic acids is 2. The summed E-state index contributed by atoms with van der Waals surface area (Å²) in [6.45, 7) is 1.11. The van der Waals surface area contributed by atoms with E-state index < -0.39 is 5.60 Å². The van der Waals surface area contributed by atoms with Crippen molar-refractivity contribution in [3.8, 4) is 11.5 Å². The van der Waals surface area contributed by atoms with Gasteiger partial charge in [-0.2, -0.15) is 0 Å². The van der Waals surface area contributed by atoms with Crippen LogP contribution in [0.25, 0.3) is 0 Å². The van der Waals surface area contributed by atoms with Crippen LogP contribution in [0.3, 0.4) is 0 Å². The summed E-state index contributed by atoms with van der Waals surface area (Å²) in [5, 5.41) is 0.605. The van der Waals surface area contributed by atoms with E-state index in [1.807, 2.05) is 4.90 Å². The van der Waals surface area contributed by atoms with Crippen LogP contribution in [0, 0.1) is 0 Å². The fourth-order valence-corrected chi connectivity index (χ4v) is 3.90. The number of rotatable bonds is 2. The van der Waals surface area contributed by atoms with Gasteiger partial charge in [-0.3, -0.25) is 9.59 Å². The molecule has 4 rings (SSSR count). The molecule has 0 unspecified atom stereocenters. The molecule has 2 aliphatic heterocycles. The maximum Gasteiger partial charge on any atom is 0.253 e. The second-order valence-corrected chi connectivity index (χ2v) is 7.48. The first-order valence-corrected chi connectivity index (χ1v) is 9.33. The lowest BCUT2D eigenvalue weighted by Gasteiger charge is -2.44. The van der Waals surface area contributed by atoms with Gasteiger partial charge in [-0.25, -0.2) is 0 Å². The maximum absolute atomic E-state index is 12.7. The molecule has 0 radical (unpaired) electrons. The zero-order valence-corrected chi connectivity index (χ0v) is 15.8. The van der Waals surface area contributed by atoms with Crippen molar-refractivity contribution in [3.05, 3.63) is 58.6 Å². The number of carbonyl (C=O) groups is 2. The van der Waals surface area contributed by atoms with Crippen LogP contribution in [0.1, 0.15) is 40.0 Å². The first-order chi connectivity index (χ1) is 13.0. The Morgan fingerprint density at radius 3 is 2.52 bits per heavy atom. The molecule has 2 aromatic rings. The number of benzene rings is 2. The van der Waals surface area contributed by atoms with Crippen LogP contribution < -0.4 is 9.47 Å². The first-order valence-electron chi connectivity index (χ1n) is 8.95. The molecule has 27 heavy (non-hydrogen) atoms. The lowest BCUT2D eigenvalue weighted by atomic mass is 9.82. The molecule has 2 aromatic carbocycles. The first kappa shape index (κ1) is 17.9. The van der Waals surface area contributed by atoms with Gasteiger partial charge in [0.15, 0.2) is 5.78 Å². The van der Waals surface area contributed by atoms with Gasteiger partial charge >= 0.3 is 0 Å². The van der Waals surface area contributed by atoms with Gasteiger partial charge in [0.2, 0.25) is 0 Å². The Hall–Kier alpha value is -2.53. The zero-order chi connectivity index (χ0) is 19.0. The molecule has 1 spiro atoms. The van der Waals surface area contributed by atoms with Crippen LogP contribution in [0.15, 0.2) is 42.5 Å². The van der Waals surface area contributed by atoms with Crippen LogP contribution in [0.4, 0.5) is 0 Å². The van der Waals surface area contributed by atoms with Crippen molar-refractivity contribution < 1.29 is 19.1 Å². The Balaban J connectivity index is 1.47. The van der Waals surface area contributed by atoms with E-state index in [-0.39, 0.29) is 11.7 Å². The molecule has 1 saturated heterocycles. The lowest BCUT2D eigenvalue weighted by molar-refractivity contribution is -0.00576. The molecule has 0 aliphatic carbocycles. The minimum absolute atomic E-state index is 0.0196. The minimum Gasteiger partial charge on any atom is -0.497 e. The van der Waals surface area contributed by atoms with Crippen LogP contribution in [0.2, 0.25) is 5.02 Å². The summed E-state index contributed by atoms with van der Waals surface area (Å²) in [7, 11) is 1.57. The minimum atomic E-state index is -0.532. The van der Waals surface area contributed by atoms with Crippen molar-refractivity contribution >= 4 is 23.3 Å². The largest absolute Gasteiger partial charge is 0.497 e. The van der Waals surface area contributed by atoms with Crippen molar-refractivity contribution in [2.24, 2.45) is 0 Å². The topological polar surface area (TPSA) is 55.8 Å². The van der Waals surface area contributed by atoms with E-state index in [0.29, 0.717) is 60.0 Å². The van der Waals surface area contributed by atoms with E-state index in [1.165, 1.54) is 0 Å². The number of halogens is 1. The Bertz CT molecular complexity index is 886. The molecule has 5 nitrogen and oxygen atoms in total. The summed E-state index contributed by atoms with van der Waals surface area (Å²) >= 11 is 5.89. The molecule has 140 valence electrons. The van der Waals surface area contributed by atoms with E-state index in [9.17, 15) is 9.59 Å². The Morgan fingerprint density at radius 2 is 1.85 bits per heavy atom. The van der Waals surface area contributed by atoms with Gasteiger partial charge in [-0.15, -0.1) is 0 Å². The highest BCUT2D eigenvalue weighted by Crippen LogP contribution is 2.40. The van der Waals surface area contributed by atoms with E-state index >= 15 is 0 Å². The smallest absolute Gasteiger partial charge is 0.253 e. The van der Waals surface area contributed by atoms with Crippen molar-refractivity contribution in [1.29, 1.82) is 0 Å². The standard InChI is InChI=1S/C21H20ClNO4/c1-26-16-6-7-19-17(12-16)18(24)13-21(27-19)8-10-23(11-9-21)20(25)14-2-4-15(22)5-3-14/h2-7,12H,8-11,13H2,1H3. The SMILES string of the molecule is COc1ccc2c(c1)C(=O)CC1(CCN(C(=O)c3ccc(Cl)cc3)CC1)O2. The van der Waals surface area contributed by atoms with Gasteiger partial charge in [0.1, 0.15) is 17.1 Å². The van der Waals surface area contributed by atoms with Crippen molar-refractivity contribution in [2.45, 2.75) is 24.9 Å². The summed E-state index contributed by atoms with van der Waals surface area (Å²) < 4.78 is 11.4. The molecule has 6 heteroatoms. The second kappa shape index (κ2) is 6.89. The van der Waals surface area contributed by atoms with Gasteiger partial charge in [0.25, 0.3) is 5.91 Å². The highest BCUT2D eigenvalue weighted by molar-refractivity contribution is 6.30. The lowest BCUT2D eigenvalue weighted by Crippen LogP contribution is -2.52. The molecule has 0 saturated carbocycles. The third kappa shape index (κ3) is 3.39. The predicted molar refractivity (Wildman–Crippen MR) is 102 cm³/mol. The average Bonchev–Trinajstić information content (AvgIpc) is 2.68. The predicted octanol–water partition coefficient (Wildman–Crippen LogP) is 3.99. The molecule has 1 amide bonds. The number of fused-ring (bicyclic) bond motifs is 1. The van der Waals surface area contributed by atoms with Crippen LogP contribution in [-0.2, 0) is 0 Å². The molecule has 0 atom stereocenters. The maximum atomic E-state index is 12.7. The molecular weight excluding hydrogens is 366 g/mol. The molecule has 0 bridgehead atoms. The van der Waals surface area contributed by atoms with Gasteiger partial charge in [0.05, 0.1) is 19.1 Å². The number of methoxy groups -OCH3 is 1. The average molecular weight is 386 g/mol. The highest BCUT2D eigenvalue weighted by Gasteiger charge is 2.43. The zero-order valence-electron chi connectivity index (χ0n) is 15.0. The van der Waals surface area contributed by atoms with Crippen molar-refractivity contribution in [3.63, 3.8) is 0 Å². The quantitative estimate of drug-likeness (QED) is 0.784. The highest BCUT2D eigenvalue weighted by atomic mass is 35.5. The normalized spacial score (nSPS) is 18.0. The van der Waals surface area contributed by atoms with E-state index in [0.717, 1.165) is 0 Å². The Kier molecular flexibility index (Phi) is 4.56. The summed E-state index contributed by atoms with van der Waals surface area (Å²) in [4.78, 5) is 27.2. The van der Waals surface area contributed by atoms with Crippen molar-refractivity contribution in [1.82, 2.24) is 4.90 Å². The number of hydrogen-bond acceptors (Lipinski definition) is 4. The van der Waals surface area contributed by atoms with Crippen LogP contribution >= 0.6 is 11.6 Å².